The number of imidazole rings is 1. The minimum atomic E-state index is -0.126. The average molecular weight is 748 g/mol. The summed E-state index contributed by atoms with van der Waals surface area (Å²) in [6.45, 7) is 24.2. The normalized spacial score (nSPS) is 12.2. The first-order valence-corrected chi connectivity index (χ1v) is 20.0. The molecule has 2 aromatic heterocycles. The highest BCUT2D eigenvalue weighted by molar-refractivity contribution is 6.02. The highest BCUT2D eigenvalue weighted by Crippen LogP contribution is 2.43. The maximum atomic E-state index is 11.7. The van der Waals surface area contributed by atoms with Crippen LogP contribution in [0.4, 0.5) is 0 Å². The Morgan fingerprint density at radius 3 is 1.82 bits per heavy atom. The molecule has 0 amide bonds. The second kappa shape index (κ2) is 13.9. The Kier molecular flexibility index (Phi) is 9.23. The van der Waals surface area contributed by atoms with Crippen molar-refractivity contribution in [1.82, 2.24) is 14.5 Å². The number of aryl methyl sites for hydroxylation is 5. The van der Waals surface area contributed by atoms with E-state index in [1.54, 1.807) is 0 Å². The Balaban J connectivity index is 1.49. The predicted octanol–water partition coefficient (Wildman–Crippen LogP) is 14.1. The van der Waals surface area contributed by atoms with E-state index in [0.29, 0.717) is 11.4 Å². The van der Waals surface area contributed by atoms with Crippen molar-refractivity contribution in [3.05, 3.63) is 154 Å². The molecule has 0 spiro atoms. The molecule has 2 heterocycles. The van der Waals surface area contributed by atoms with Gasteiger partial charge in [-0.05, 0) is 150 Å². The van der Waals surface area contributed by atoms with Crippen molar-refractivity contribution in [2.24, 2.45) is 0 Å². The van der Waals surface area contributed by atoms with Crippen LogP contribution in [0.15, 0.2) is 115 Å². The molecule has 0 atom stereocenters. The van der Waals surface area contributed by atoms with E-state index < -0.39 is 0 Å². The van der Waals surface area contributed by atoms with Gasteiger partial charge in [0.15, 0.2) is 0 Å². The van der Waals surface area contributed by atoms with Gasteiger partial charge in [0.1, 0.15) is 11.6 Å². The number of phenols is 1. The summed E-state index contributed by atoms with van der Waals surface area (Å²) in [5, 5.41) is 12.8. The minimum absolute atomic E-state index is 0.000318. The second-order valence-electron chi connectivity index (χ2n) is 18.1. The maximum absolute atomic E-state index is 11.7. The fourth-order valence-corrected chi connectivity index (χ4v) is 8.55. The van der Waals surface area contributed by atoms with Gasteiger partial charge in [0.05, 0.1) is 22.1 Å². The first-order chi connectivity index (χ1) is 27.0. The lowest BCUT2D eigenvalue weighted by Gasteiger charge is -2.21. The molecule has 0 aliphatic carbocycles. The van der Waals surface area contributed by atoms with Crippen LogP contribution >= 0.6 is 0 Å². The minimum Gasteiger partial charge on any atom is -0.507 e. The third kappa shape index (κ3) is 6.92. The van der Waals surface area contributed by atoms with Gasteiger partial charge in [-0.15, -0.1) is 0 Å². The van der Waals surface area contributed by atoms with Crippen LogP contribution in [0.3, 0.4) is 0 Å². The number of nitrogens with zero attached hydrogens (tertiary/aromatic N) is 3. The molecule has 0 unspecified atom stereocenters. The van der Waals surface area contributed by atoms with Crippen molar-refractivity contribution in [3.8, 4) is 56.2 Å². The zero-order chi connectivity index (χ0) is 40.6. The largest absolute Gasteiger partial charge is 0.507 e. The number of hydrogen-bond donors (Lipinski definition) is 1. The van der Waals surface area contributed by atoms with Gasteiger partial charge >= 0.3 is 0 Å². The van der Waals surface area contributed by atoms with Crippen LogP contribution in [0.2, 0.25) is 0 Å². The molecule has 0 fully saturated rings. The summed E-state index contributed by atoms with van der Waals surface area (Å²) in [6.07, 6.45) is 1.91. The quantitative estimate of drug-likeness (QED) is 0.191. The van der Waals surface area contributed by atoms with E-state index in [1.165, 1.54) is 33.4 Å². The molecule has 0 radical (unpaired) electrons. The standard InChI is InChI=1S/C53H53N3O/c1-31-23-34(4)48(35(5)24-31)38-28-44(37-26-32(2)25-36(27-37)43-14-12-13-42-33(3)21-22-54-49(42)43)50-46(29-38)56(41-18-15-39(16-19-41)52(6,7)8)51(55-50)45-30-40(53(9,10)11)17-20-47(45)57/h12-30,57H,1-11H3. The van der Waals surface area contributed by atoms with Crippen molar-refractivity contribution in [3.63, 3.8) is 0 Å². The first kappa shape index (κ1) is 37.9. The zero-order valence-electron chi connectivity index (χ0n) is 35.3. The van der Waals surface area contributed by atoms with Crippen LogP contribution in [0.25, 0.3) is 72.4 Å². The average Bonchev–Trinajstić information content (AvgIpc) is 3.52. The van der Waals surface area contributed by atoms with Gasteiger partial charge < -0.3 is 5.11 Å². The molecule has 286 valence electrons. The van der Waals surface area contributed by atoms with Crippen molar-refractivity contribution in [1.29, 1.82) is 0 Å². The maximum Gasteiger partial charge on any atom is 0.149 e. The summed E-state index contributed by atoms with van der Waals surface area (Å²) < 4.78 is 2.25. The van der Waals surface area contributed by atoms with Crippen LogP contribution in [-0.2, 0) is 10.8 Å². The summed E-state index contributed by atoms with van der Waals surface area (Å²) in [4.78, 5) is 10.4. The van der Waals surface area contributed by atoms with E-state index >= 15 is 0 Å². The number of rotatable bonds is 5. The number of fused-ring (bicyclic) bond motifs is 2. The Labute approximate surface area is 337 Å². The topological polar surface area (TPSA) is 50.9 Å². The van der Waals surface area contributed by atoms with E-state index in [4.69, 9.17) is 9.97 Å². The Morgan fingerprint density at radius 2 is 1.16 bits per heavy atom. The van der Waals surface area contributed by atoms with E-state index in [2.05, 4.69) is 178 Å². The molecule has 4 nitrogen and oxygen atoms in total. The van der Waals surface area contributed by atoms with Crippen LogP contribution in [0.5, 0.6) is 5.75 Å². The summed E-state index contributed by atoms with van der Waals surface area (Å²) in [7, 11) is 0. The molecule has 0 saturated carbocycles. The molecule has 0 aliphatic rings. The summed E-state index contributed by atoms with van der Waals surface area (Å²) in [5.41, 5.74) is 19.6. The Hall–Kier alpha value is -6.00. The van der Waals surface area contributed by atoms with Gasteiger partial charge in [0.2, 0.25) is 0 Å². The van der Waals surface area contributed by atoms with Crippen molar-refractivity contribution in [2.75, 3.05) is 0 Å². The second-order valence-corrected chi connectivity index (χ2v) is 18.1. The van der Waals surface area contributed by atoms with E-state index in [0.717, 1.165) is 66.6 Å². The van der Waals surface area contributed by atoms with Crippen LogP contribution in [0.1, 0.15) is 80.5 Å². The zero-order valence-corrected chi connectivity index (χ0v) is 35.3. The van der Waals surface area contributed by atoms with Crippen molar-refractivity contribution < 1.29 is 5.11 Å². The summed E-state index contributed by atoms with van der Waals surface area (Å²) in [6, 6.07) is 39.4. The van der Waals surface area contributed by atoms with Gasteiger partial charge in [-0.3, -0.25) is 9.55 Å². The molecule has 0 saturated heterocycles. The molecule has 6 aromatic carbocycles. The Morgan fingerprint density at radius 1 is 0.526 bits per heavy atom. The van der Waals surface area contributed by atoms with Crippen molar-refractivity contribution in [2.45, 2.75) is 87.0 Å². The fraction of sp³-hybridized carbons (Fsp3) is 0.245. The number of aromatic hydroxyl groups is 1. The monoisotopic (exact) mass is 747 g/mol. The lowest BCUT2D eigenvalue weighted by atomic mass is 9.86. The lowest BCUT2D eigenvalue weighted by molar-refractivity contribution is 0.475. The molecule has 1 N–H and O–H groups in total. The smallest absolute Gasteiger partial charge is 0.149 e. The fourth-order valence-electron chi connectivity index (χ4n) is 8.55. The highest BCUT2D eigenvalue weighted by Gasteiger charge is 2.25. The molecule has 4 heteroatoms. The SMILES string of the molecule is Cc1cc(-c2cccc3c(C)ccnc23)cc(-c2cc(-c3c(C)cc(C)cc3C)cc3c2nc(-c2cc(C(C)(C)C)ccc2O)n3-c2ccc(C(C)(C)C)cc2)c1. The molecular weight excluding hydrogens is 695 g/mol. The molecule has 0 aliphatic heterocycles. The third-order valence-corrected chi connectivity index (χ3v) is 11.5. The molecule has 8 aromatic rings. The van der Waals surface area contributed by atoms with E-state index in [-0.39, 0.29) is 16.6 Å². The van der Waals surface area contributed by atoms with Crippen LogP contribution < -0.4 is 0 Å². The number of para-hydroxylation sites is 1. The van der Waals surface area contributed by atoms with Gasteiger partial charge in [0, 0.05) is 28.4 Å². The highest BCUT2D eigenvalue weighted by atomic mass is 16.3. The molecule has 8 rings (SSSR count). The van der Waals surface area contributed by atoms with Gasteiger partial charge in [-0.25, -0.2) is 4.98 Å². The van der Waals surface area contributed by atoms with Crippen LogP contribution in [0, 0.1) is 34.6 Å². The first-order valence-electron chi connectivity index (χ1n) is 20.0. The van der Waals surface area contributed by atoms with Crippen LogP contribution in [-0.4, -0.2) is 19.6 Å². The van der Waals surface area contributed by atoms with E-state index in [1.807, 2.05) is 18.3 Å². The van der Waals surface area contributed by atoms with Crippen molar-refractivity contribution >= 4 is 21.9 Å². The van der Waals surface area contributed by atoms with E-state index in [9.17, 15) is 5.11 Å². The number of pyridine rings is 1. The van der Waals surface area contributed by atoms with Gasteiger partial charge in [0.25, 0.3) is 0 Å². The number of hydrogen-bond acceptors (Lipinski definition) is 3. The lowest BCUT2D eigenvalue weighted by Crippen LogP contribution is -2.11. The number of benzene rings is 6. The molecule has 57 heavy (non-hydrogen) atoms. The predicted molar refractivity (Wildman–Crippen MR) is 241 cm³/mol. The third-order valence-electron chi connectivity index (χ3n) is 11.5. The summed E-state index contributed by atoms with van der Waals surface area (Å²) >= 11 is 0. The Bertz CT molecular complexity index is 2840. The molecular formula is C53H53N3O. The molecule has 0 bridgehead atoms. The number of phenolic OH excluding ortho intramolecular Hbond substituents is 1. The van der Waals surface area contributed by atoms with Gasteiger partial charge in [-0.1, -0.05) is 108 Å². The summed E-state index contributed by atoms with van der Waals surface area (Å²) in [5.74, 6) is 0.906. The van der Waals surface area contributed by atoms with Gasteiger partial charge in [-0.2, -0.15) is 0 Å². The number of aromatic nitrogens is 3.